The van der Waals surface area contributed by atoms with Crippen molar-refractivity contribution in [3.05, 3.63) is 48.6 Å². The maximum atomic E-state index is 11.8. The Bertz CT molecular complexity index is 370. The van der Waals surface area contributed by atoms with E-state index in [1.807, 2.05) is 44.2 Å². The maximum Gasteiger partial charge on any atom is 0.315 e. The van der Waals surface area contributed by atoms with Crippen LogP contribution >= 0.6 is 0 Å². The predicted octanol–water partition coefficient (Wildman–Crippen LogP) is 3.16. The standard InChI is InChI=1S/C14H18O2/c1-5-14(3,13(15)16-4)11(2)12-9-7-6-8-10-12/h5-11H,1H2,2-4H3. The van der Waals surface area contributed by atoms with Crippen LogP contribution in [0.15, 0.2) is 43.0 Å². The van der Waals surface area contributed by atoms with E-state index in [1.54, 1.807) is 6.08 Å². The second-order valence-electron chi connectivity index (χ2n) is 4.11. The fourth-order valence-corrected chi connectivity index (χ4v) is 1.74. The molecule has 0 aliphatic carbocycles. The number of carbonyl (C=O) groups excluding carboxylic acids is 1. The van der Waals surface area contributed by atoms with Gasteiger partial charge in [-0.15, -0.1) is 6.58 Å². The van der Waals surface area contributed by atoms with Crippen molar-refractivity contribution in [1.29, 1.82) is 0 Å². The van der Waals surface area contributed by atoms with E-state index in [1.165, 1.54) is 7.11 Å². The Hall–Kier alpha value is -1.57. The number of carbonyl (C=O) groups is 1. The van der Waals surface area contributed by atoms with E-state index < -0.39 is 5.41 Å². The Morgan fingerprint density at radius 3 is 2.44 bits per heavy atom. The quantitative estimate of drug-likeness (QED) is 0.573. The summed E-state index contributed by atoms with van der Waals surface area (Å²) in [5.41, 5.74) is 0.422. The van der Waals surface area contributed by atoms with Crippen LogP contribution in [0.5, 0.6) is 0 Å². The zero-order valence-electron chi connectivity index (χ0n) is 10.1. The molecule has 0 heterocycles. The van der Waals surface area contributed by atoms with Gasteiger partial charge in [0.05, 0.1) is 12.5 Å². The lowest BCUT2D eigenvalue weighted by atomic mass is 9.74. The van der Waals surface area contributed by atoms with Gasteiger partial charge in [0.15, 0.2) is 0 Å². The Kier molecular flexibility index (Phi) is 3.88. The average molecular weight is 218 g/mol. The molecule has 0 N–H and O–H groups in total. The van der Waals surface area contributed by atoms with E-state index in [-0.39, 0.29) is 11.9 Å². The van der Waals surface area contributed by atoms with Gasteiger partial charge in [-0.05, 0) is 12.5 Å². The summed E-state index contributed by atoms with van der Waals surface area (Å²) in [6.45, 7) is 7.61. The van der Waals surface area contributed by atoms with Crippen LogP contribution in [0.3, 0.4) is 0 Å². The van der Waals surface area contributed by atoms with Gasteiger partial charge in [-0.2, -0.15) is 0 Å². The summed E-state index contributed by atoms with van der Waals surface area (Å²) < 4.78 is 4.84. The monoisotopic (exact) mass is 218 g/mol. The van der Waals surface area contributed by atoms with Crippen LogP contribution < -0.4 is 0 Å². The Morgan fingerprint density at radius 1 is 1.44 bits per heavy atom. The lowest BCUT2D eigenvalue weighted by Gasteiger charge is -2.30. The normalized spacial score (nSPS) is 15.9. The van der Waals surface area contributed by atoms with Crippen LogP contribution in [-0.2, 0) is 9.53 Å². The molecule has 2 nitrogen and oxygen atoms in total. The van der Waals surface area contributed by atoms with Gasteiger partial charge in [0.25, 0.3) is 0 Å². The van der Waals surface area contributed by atoms with Crippen molar-refractivity contribution in [2.45, 2.75) is 19.8 Å². The first kappa shape index (κ1) is 12.5. The molecule has 0 saturated heterocycles. The minimum Gasteiger partial charge on any atom is -0.468 e. The van der Waals surface area contributed by atoms with Crippen LogP contribution in [-0.4, -0.2) is 13.1 Å². The largest absolute Gasteiger partial charge is 0.468 e. The number of hydrogen-bond donors (Lipinski definition) is 0. The molecule has 86 valence electrons. The average Bonchev–Trinajstić information content (AvgIpc) is 2.36. The predicted molar refractivity (Wildman–Crippen MR) is 65.2 cm³/mol. The molecule has 0 saturated carbocycles. The van der Waals surface area contributed by atoms with Gasteiger partial charge in [0.2, 0.25) is 0 Å². The van der Waals surface area contributed by atoms with Crippen molar-refractivity contribution >= 4 is 5.97 Å². The van der Waals surface area contributed by atoms with Crippen LogP contribution in [0, 0.1) is 5.41 Å². The minimum atomic E-state index is -0.684. The molecule has 0 amide bonds. The van der Waals surface area contributed by atoms with E-state index >= 15 is 0 Å². The van der Waals surface area contributed by atoms with Crippen LogP contribution in [0.2, 0.25) is 0 Å². The topological polar surface area (TPSA) is 26.3 Å². The summed E-state index contributed by atoms with van der Waals surface area (Å²) in [4.78, 5) is 11.8. The molecule has 2 atom stereocenters. The molecule has 1 aromatic rings. The Morgan fingerprint density at radius 2 is 2.00 bits per heavy atom. The molecule has 2 unspecified atom stereocenters. The zero-order valence-corrected chi connectivity index (χ0v) is 10.1. The number of methoxy groups -OCH3 is 1. The van der Waals surface area contributed by atoms with Gasteiger partial charge in [0, 0.05) is 5.92 Å². The first-order valence-electron chi connectivity index (χ1n) is 5.33. The number of esters is 1. The molecule has 0 radical (unpaired) electrons. The first-order valence-corrected chi connectivity index (χ1v) is 5.33. The van der Waals surface area contributed by atoms with E-state index in [0.717, 1.165) is 5.56 Å². The molecule has 0 fully saturated rings. The Labute approximate surface area is 96.9 Å². The number of hydrogen-bond acceptors (Lipinski definition) is 2. The van der Waals surface area contributed by atoms with Gasteiger partial charge >= 0.3 is 5.97 Å². The van der Waals surface area contributed by atoms with Gasteiger partial charge < -0.3 is 4.74 Å². The van der Waals surface area contributed by atoms with Crippen molar-refractivity contribution in [2.75, 3.05) is 7.11 Å². The zero-order chi connectivity index (χ0) is 12.2. The summed E-state index contributed by atoms with van der Waals surface area (Å²) in [5.74, 6) is -0.211. The summed E-state index contributed by atoms with van der Waals surface area (Å²) in [6.07, 6.45) is 1.66. The molecule has 1 aromatic carbocycles. The molecular formula is C14H18O2. The van der Waals surface area contributed by atoms with Crippen LogP contribution in [0.4, 0.5) is 0 Å². The number of ether oxygens (including phenoxy) is 1. The highest BCUT2D eigenvalue weighted by atomic mass is 16.5. The fourth-order valence-electron chi connectivity index (χ4n) is 1.74. The maximum absolute atomic E-state index is 11.8. The molecule has 0 spiro atoms. The van der Waals surface area contributed by atoms with Gasteiger partial charge in [0.1, 0.15) is 0 Å². The van der Waals surface area contributed by atoms with Crippen molar-refractivity contribution in [3.63, 3.8) is 0 Å². The third kappa shape index (κ3) is 2.16. The molecule has 16 heavy (non-hydrogen) atoms. The number of benzene rings is 1. The second-order valence-corrected chi connectivity index (χ2v) is 4.11. The van der Waals surface area contributed by atoms with E-state index in [9.17, 15) is 4.79 Å². The highest BCUT2D eigenvalue weighted by molar-refractivity contribution is 5.79. The SMILES string of the molecule is C=CC(C)(C(=O)OC)C(C)c1ccccc1. The van der Waals surface area contributed by atoms with Crippen LogP contribution in [0.25, 0.3) is 0 Å². The van der Waals surface area contributed by atoms with E-state index in [0.29, 0.717) is 0 Å². The summed E-state index contributed by atoms with van der Waals surface area (Å²) in [6, 6.07) is 9.91. The van der Waals surface area contributed by atoms with Gasteiger partial charge in [-0.1, -0.05) is 43.3 Å². The van der Waals surface area contributed by atoms with Crippen molar-refractivity contribution < 1.29 is 9.53 Å². The number of rotatable bonds is 4. The molecule has 0 aromatic heterocycles. The highest BCUT2D eigenvalue weighted by Gasteiger charge is 2.37. The van der Waals surface area contributed by atoms with E-state index in [2.05, 4.69) is 6.58 Å². The fraction of sp³-hybridized carbons (Fsp3) is 0.357. The third-order valence-corrected chi connectivity index (χ3v) is 3.25. The van der Waals surface area contributed by atoms with E-state index in [4.69, 9.17) is 4.74 Å². The van der Waals surface area contributed by atoms with Crippen molar-refractivity contribution in [3.8, 4) is 0 Å². The molecule has 0 aliphatic heterocycles. The molecular weight excluding hydrogens is 200 g/mol. The molecule has 2 heteroatoms. The summed E-state index contributed by atoms with van der Waals surface area (Å²) >= 11 is 0. The third-order valence-electron chi connectivity index (χ3n) is 3.25. The smallest absolute Gasteiger partial charge is 0.315 e. The minimum absolute atomic E-state index is 0.0404. The Balaban J connectivity index is 3.07. The molecule has 1 rings (SSSR count). The summed E-state index contributed by atoms with van der Waals surface area (Å²) in [5, 5.41) is 0. The van der Waals surface area contributed by atoms with Gasteiger partial charge in [-0.3, -0.25) is 4.79 Å². The second kappa shape index (κ2) is 4.97. The molecule has 0 bridgehead atoms. The van der Waals surface area contributed by atoms with Gasteiger partial charge in [-0.25, -0.2) is 0 Å². The summed E-state index contributed by atoms with van der Waals surface area (Å²) in [7, 11) is 1.40. The van der Waals surface area contributed by atoms with Crippen LogP contribution in [0.1, 0.15) is 25.3 Å². The lowest BCUT2D eigenvalue weighted by molar-refractivity contribution is -0.149. The lowest BCUT2D eigenvalue weighted by Crippen LogP contribution is -2.32. The first-order chi connectivity index (χ1) is 7.56. The highest BCUT2D eigenvalue weighted by Crippen LogP contribution is 2.37. The molecule has 0 aliphatic rings. The van der Waals surface area contributed by atoms with Crippen molar-refractivity contribution in [1.82, 2.24) is 0 Å². The van der Waals surface area contributed by atoms with Crippen molar-refractivity contribution in [2.24, 2.45) is 5.41 Å².